The minimum Gasteiger partial charge on any atom is -0.403 e. The molecule has 1 fully saturated rings. The smallest absolute Gasteiger partial charge is 0.266 e. The number of hydrogen-bond donors (Lipinski definition) is 2. The van der Waals surface area contributed by atoms with Crippen LogP contribution in [0.2, 0.25) is 0 Å². The van der Waals surface area contributed by atoms with E-state index in [-0.39, 0.29) is 5.41 Å². The molecule has 0 bridgehead atoms. The molecule has 0 amide bonds. The normalized spacial score (nSPS) is 22.1. The Morgan fingerprint density at radius 2 is 2.30 bits per heavy atom. The average Bonchev–Trinajstić information content (AvgIpc) is 3.13. The van der Waals surface area contributed by atoms with Gasteiger partial charge in [0.15, 0.2) is 10.0 Å². The number of aliphatic hydroxyl groups excluding tert-OH is 1. The van der Waals surface area contributed by atoms with E-state index in [1.165, 1.54) is 11.3 Å². The molecule has 2 aromatic heterocycles. The summed E-state index contributed by atoms with van der Waals surface area (Å²) in [7, 11) is 1.06. The summed E-state index contributed by atoms with van der Waals surface area (Å²) in [5.41, 5.74) is 0.545. The van der Waals surface area contributed by atoms with Crippen molar-refractivity contribution in [1.29, 1.82) is 0 Å². The van der Waals surface area contributed by atoms with Crippen molar-refractivity contribution < 1.29 is 13.8 Å². The van der Waals surface area contributed by atoms with Gasteiger partial charge in [0.05, 0.1) is 22.4 Å². The number of hydrogen-bond acceptors (Lipinski definition) is 7. The van der Waals surface area contributed by atoms with E-state index in [0.29, 0.717) is 21.7 Å². The molecule has 3 aliphatic rings. The summed E-state index contributed by atoms with van der Waals surface area (Å²) in [6, 6.07) is 0. The average molecular weight is 346 g/mol. The van der Waals surface area contributed by atoms with Crippen molar-refractivity contribution in [2.45, 2.75) is 12.8 Å². The van der Waals surface area contributed by atoms with Crippen molar-refractivity contribution in [2.75, 3.05) is 12.4 Å². The van der Waals surface area contributed by atoms with Gasteiger partial charge in [0.1, 0.15) is 15.8 Å². The third-order valence-corrected chi connectivity index (χ3v) is 6.73. The molecule has 0 saturated heterocycles. The van der Waals surface area contributed by atoms with E-state index in [4.69, 9.17) is 8.71 Å². The topological polar surface area (TPSA) is 92.8 Å². The van der Waals surface area contributed by atoms with Crippen LogP contribution in [0.25, 0.3) is 0 Å². The Balaban J connectivity index is 1.49. The molecular formula is C14H10N4O3S2. The molecule has 23 heavy (non-hydrogen) atoms. The maximum atomic E-state index is 10.1. The molecule has 5 rings (SSSR count). The number of nitrogens with one attached hydrogen (secondary N) is 1. The molecule has 1 unspecified atom stereocenters. The molecule has 2 aromatic rings. The fourth-order valence-electron chi connectivity index (χ4n) is 2.54. The zero-order valence-corrected chi connectivity index (χ0v) is 13.5. The minimum absolute atomic E-state index is 0.182. The highest BCUT2D eigenvalue weighted by molar-refractivity contribution is 8.27. The Morgan fingerprint density at radius 1 is 1.43 bits per heavy atom. The maximum Gasteiger partial charge on any atom is 0.266 e. The molecule has 7 nitrogen and oxygen atoms in total. The first-order valence-corrected chi connectivity index (χ1v) is 8.91. The van der Waals surface area contributed by atoms with E-state index in [1.807, 2.05) is 0 Å². The van der Waals surface area contributed by atoms with Crippen LogP contribution in [0, 0.1) is 17.3 Å². The highest BCUT2D eigenvalue weighted by Crippen LogP contribution is 2.64. The second-order valence-corrected chi connectivity index (χ2v) is 7.81. The van der Waals surface area contributed by atoms with Crippen molar-refractivity contribution in [1.82, 2.24) is 10.1 Å². The van der Waals surface area contributed by atoms with Crippen LogP contribution in [0.15, 0.2) is 15.7 Å². The number of fused-ring (bicyclic) bond motifs is 3. The van der Waals surface area contributed by atoms with Crippen molar-refractivity contribution in [3.63, 3.8) is 0 Å². The van der Waals surface area contributed by atoms with Gasteiger partial charge in [-0.15, -0.1) is 0 Å². The molecule has 1 spiro atoms. The van der Waals surface area contributed by atoms with E-state index >= 15 is 0 Å². The first kappa shape index (κ1) is 13.3. The van der Waals surface area contributed by atoms with Gasteiger partial charge in [0, 0.05) is 7.05 Å². The van der Waals surface area contributed by atoms with E-state index < -0.39 is 10.8 Å². The summed E-state index contributed by atoms with van der Waals surface area (Å²) in [5, 5.41) is 19.4. The fourth-order valence-corrected chi connectivity index (χ4v) is 5.32. The lowest BCUT2D eigenvalue weighted by molar-refractivity contribution is 0.411. The standard InChI is InChI=1S/C14H10N4O3S2/c1-15-7-6-16-20-8(7)2-3-9-17-10-11(22-9)18-12-14(4-5-14)13(19)23(12)21-10/h6,15,19H,4-5H2,1H3. The molecule has 0 aromatic carbocycles. The van der Waals surface area contributed by atoms with Gasteiger partial charge in [0.2, 0.25) is 5.76 Å². The number of aliphatic hydroxyl groups is 1. The summed E-state index contributed by atoms with van der Waals surface area (Å²) < 4.78 is 10.8. The molecule has 1 atom stereocenters. The van der Waals surface area contributed by atoms with Crippen LogP contribution in [0.3, 0.4) is 0 Å². The number of thiazole rings is 1. The lowest BCUT2D eigenvalue weighted by Gasteiger charge is -2.33. The van der Waals surface area contributed by atoms with Crippen LogP contribution in [0.4, 0.5) is 10.7 Å². The summed E-state index contributed by atoms with van der Waals surface area (Å²) >= 11 is 1.37. The van der Waals surface area contributed by atoms with Gasteiger partial charge in [-0.1, -0.05) is 16.5 Å². The second kappa shape index (κ2) is 4.44. The first-order chi connectivity index (χ1) is 11.2. The second-order valence-electron chi connectivity index (χ2n) is 5.35. The third kappa shape index (κ3) is 1.77. The minimum atomic E-state index is -0.713. The largest absolute Gasteiger partial charge is 0.403 e. The lowest BCUT2D eigenvalue weighted by Crippen LogP contribution is -2.38. The summed E-state index contributed by atoms with van der Waals surface area (Å²) in [6.45, 7) is 0. The number of anilines is 1. The summed E-state index contributed by atoms with van der Waals surface area (Å²) in [5.74, 6) is 6.74. The zero-order valence-electron chi connectivity index (χ0n) is 11.9. The van der Waals surface area contributed by atoms with Crippen LogP contribution in [-0.4, -0.2) is 32.4 Å². The Bertz CT molecular complexity index is 972. The molecular weight excluding hydrogens is 336 g/mol. The number of aliphatic imine (C=N–C) groups is 1. The van der Waals surface area contributed by atoms with E-state index in [2.05, 4.69) is 32.3 Å². The number of nitrogens with zero attached hydrogens (tertiary/aromatic N) is 3. The van der Waals surface area contributed by atoms with Crippen LogP contribution in [0.1, 0.15) is 23.6 Å². The first-order valence-electron chi connectivity index (χ1n) is 6.95. The van der Waals surface area contributed by atoms with Crippen molar-refractivity contribution >= 4 is 42.9 Å². The third-order valence-electron chi connectivity index (χ3n) is 3.99. The monoisotopic (exact) mass is 346 g/mol. The maximum absolute atomic E-state index is 10.1. The summed E-state index contributed by atoms with van der Waals surface area (Å²) in [4.78, 5) is 8.98. The Kier molecular flexibility index (Phi) is 2.57. The molecule has 116 valence electrons. The number of rotatable bonds is 1. The molecule has 9 heteroatoms. The molecule has 4 heterocycles. The van der Waals surface area contributed by atoms with E-state index in [0.717, 1.165) is 28.6 Å². The summed E-state index contributed by atoms with van der Waals surface area (Å²) in [6.07, 6.45) is 3.49. The highest BCUT2D eigenvalue weighted by atomic mass is 32.2. The molecule has 2 N–H and O–H groups in total. The highest BCUT2D eigenvalue weighted by Gasteiger charge is 2.62. The Hall–Kier alpha value is -2.15. The van der Waals surface area contributed by atoms with E-state index in [1.54, 1.807) is 13.2 Å². The van der Waals surface area contributed by atoms with Gasteiger partial charge >= 0.3 is 0 Å². The van der Waals surface area contributed by atoms with Crippen LogP contribution in [0.5, 0.6) is 5.88 Å². The van der Waals surface area contributed by atoms with Crippen molar-refractivity contribution in [3.05, 3.63) is 17.0 Å². The SMILES string of the molecule is CNc1cnoc1C#Cc1nc2c(s1)N=C1S(=C(O)C13CC3)O2. The van der Waals surface area contributed by atoms with Crippen LogP contribution < -0.4 is 9.50 Å². The quantitative estimate of drug-likeness (QED) is 0.609. The lowest BCUT2D eigenvalue weighted by atomic mass is 10.1. The van der Waals surface area contributed by atoms with Gasteiger partial charge in [-0.2, -0.15) is 4.98 Å². The van der Waals surface area contributed by atoms with Crippen molar-refractivity contribution in [2.24, 2.45) is 10.4 Å². The van der Waals surface area contributed by atoms with Gasteiger partial charge in [-0.05, 0) is 24.7 Å². The van der Waals surface area contributed by atoms with E-state index in [9.17, 15) is 5.11 Å². The van der Waals surface area contributed by atoms with Crippen LogP contribution >= 0.6 is 22.1 Å². The van der Waals surface area contributed by atoms with Gasteiger partial charge < -0.3 is 19.1 Å². The van der Waals surface area contributed by atoms with Crippen molar-refractivity contribution in [3.8, 4) is 17.7 Å². The Morgan fingerprint density at radius 3 is 3.09 bits per heavy atom. The predicted octanol–water partition coefficient (Wildman–Crippen LogP) is 2.66. The fraction of sp³-hybridized carbons (Fsp3) is 0.286. The molecule has 2 aliphatic heterocycles. The molecule has 1 aliphatic carbocycles. The molecule has 1 saturated carbocycles. The van der Waals surface area contributed by atoms with Crippen LogP contribution in [-0.2, 0) is 0 Å². The molecule has 0 radical (unpaired) electrons. The number of aromatic nitrogens is 2. The van der Waals surface area contributed by atoms with Gasteiger partial charge in [-0.25, -0.2) is 4.99 Å². The van der Waals surface area contributed by atoms with Gasteiger partial charge in [-0.3, -0.25) is 0 Å². The zero-order chi connectivity index (χ0) is 15.6. The predicted molar refractivity (Wildman–Crippen MR) is 88.8 cm³/mol. The van der Waals surface area contributed by atoms with Gasteiger partial charge in [0.25, 0.3) is 5.88 Å². The Labute approximate surface area is 137 Å².